The molecule has 5 heteroatoms. The Morgan fingerprint density at radius 2 is 1.64 bits per heavy atom. The van der Waals surface area contributed by atoms with Crippen LogP contribution in [0.1, 0.15) is 40.7 Å². The van der Waals surface area contributed by atoms with Crippen LogP contribution in [0.2, 0.25) is 0 Å². The first-order chi connectivity index (χ1) is 13.6. The van der Waals surface area contributed by atoms with E-state index >= 15 is 0 Å². The Morgan fingerprint density at radius 3 is 2.39 bits per heavy atom. The van der Waals surface area contributed by atoms with Crippen molar-refractivity contribution in [1.29, 1.82) is 0 Å². The summed E-state index contributed by atoms with van der Waals surface area (Å²) in [5, 5.41) is 0. The molecular formula is C23H30N4O. The van der Waals surface area contributed by atoms with E-state index in [1.165, 1.54) is 36.1 Å². The Labute approximate surface area is 168 Å². The van der Waals surface area contributed by atoms with Crippen LogP contribution in [0.25, 0.3) is 0 Å². The van der Waals surface area contributed by atoms with Crippen LogP contribution in [0.3, 0.4) is 0 Å². The molecule has 0 radical (unpaired) electrons. The zero-order valence-electron chi connectivity index (χ0n) is 17.0. The Bertz CT molecular complexity index is 836. The summed E-state index contributed by atoms with van der Waals surface area (Å²) in [6.07, 6.45) is 5.49. The fraction of sp³-hybridized carbons (Fsp3) is 0.478. The number of anilines is 2. The van der Waals surface area contributed by atoms with Gasteiger partial charge in [-0.3, -0.25) is 4.79 Å². The fourth-order valence-corrected chi connectivity index (χ4v) is 4.26. The van der Waals surface area contributed by atoms with Gasteiger partial charge in [-0.2, -0.15) is 0 Å². The van der Waals surface area contributed by atoms with E-state index in [0.717, 1.165) is 50.6 Å². The normalized spacial score (nSPS) is 17.7. The summed E-state index contributed by atoms with van der Waals surface area (Å²) in [4.78, 5) is 24.3. The summed E-state index contributed by atoms with van der Waals surface area (Å²) in [5.74, 6) is 1.07. The molecule has 4 rings (SSSR count). The summed E-state index contributed by atoms with van der Waals surface area (Å²) < 4.78 is 0. The molecule has 1 amide bonds. The molecule has 2 fully saturated rings. The second-order valence-corrected chi connectivity index (χ2v) is 7.95. The predicted molar refractivity (Wildman–Crippen MR) is 114 cm³/mol. The van der Waals surface area contributed by atoms with Gasteiger partial charge in [0, 0.05) is 56.7 Å². The molecule has 0 atom stereocenters. The second-order valence-electron chi connectivity index (χ2n) is 7.95. The lowest BCUT2D eigenvalue weighted by Gasteiger charge is -2.37. The number of carbonyl (C=O) groups excluding carboxylic acids is 1. The molecule has 2 aliphatic rings. The molecule has 3 heterocycles. The molecule has 1 aromatic heterocycles. The average molecular weight is 379 g/mol. The maximum atomic E-state index is 13.1. The van der Waals surface area contributed by atoms with E-state index in [0.29, 0.717) is 0 Å². The molecule has 1 aromatic carbocycles. The van der Waals surface area contributed by atoms with Crippen LogP contribution in [-0.2, 0) is 0 Å². The van der Waals surface area contributed by atoms with Crippen LogP contribution in [0.15, 0.2) is 36.5 Å². The number of piperidine rings is 1. The second kappa shape index (κ2) is 8.21. The van der Waals surface area contributed by atoms with Crippen molar-refractivity contribution in [1.82, 2.24) is 9.88 Å². The number of aromatic nitrogens is 1. The average Bonchev–Trinajstić information content (AvgIpc) is 2.76. The summed E-state index contributed by atoms with van der Waals surface area (Å²) in [5.41, 5.74) is 4.71. The van der Waals surface area contributed by atoms with E-state index in [-0.39, 0.29) is 5.91 Å². The van der Waals surface area contributed by atoms with Crippen molar-refractivity contribution in [3.63, 3.8) is 0 Å². The predicted octanol–water partition coefficient (Wildman–Crippen LogP) is 3.65. The minimum atomic E-state index is 0.126. The summed E-state index contributed by atoms with van der Waals surface area (Å²) in [6.45, 7) is 9.68. The number of hydrogen-bond donors (Lipinski definition) is 0. The van der Waals surface area contributed by atoms with E-state index in [1.54, 1.807) is 6.20 Å². The zero-order chi connectivity index (χ0) is 19.5. The third-order valence-corrected chi connectivity index (χ3v) is 6.16. The highest BCUT2D eigenvalue weighted by Gasteiger charge is 2.24. The molecule has 0 saturated carbocycles. The Balaban J connectivity index is 1.42. The Hall–Kier alpha value is -2.56. The van der Waals surface area contributed by atoms with Crippen LogP contribution < -0.4 is 9.80 Å². The summed E-state index contributed by atoms with van der Waals surface area (Å²) in [6, 6.07) is 10.3. The topological polar surface area (TPSA) is 39.7 Å². The van der Waals surface area contributed by atoms with Crippen LogP contribution in [0.4, 0.5) is 11.5 Å². The molecule has 0 aliphatic carbocycles. The maximum absolute atomic E-state index is 13.1. The number of aryl methyl sites for hydroxylation is 1. The van der Waals surface area contributed by atoms with Crippen molar-refractivity contribution in [2.45, 2.75) is 33.1 Å². The lowest BCUT2D eigenvalue weighted by Crippen LogP contribution is -2.49. The molecule has 0 unspecified atom stereocenters. The number of hydrogen-bond acceptors (Lipinski definition) is 4. The van der Waals surface area contributed by atoms with E-state index in [2.05, 4.69) is 46.8 Å². The number of pyridine rings is 1. The fourth-order valence-electron chi connectivity index (χ4n) is 4.26. The van der Waals surface area contributed by atoms with Crippen LogP contribution in [0.5, 0.6) is 0 Å². The van der Waals surface area contributed by atoms with Gasteiger partial charge < -0.3 is 14.7 Å². The van der Waals surface area contributed by atoms with Crippen LogP contribution in [-0.4, -0.2) is 55.1 Å². The van der Waals surface area contributed by atoms with Crippen LogP contribution >= 0.6 is 0 Å². The van der Waals surface area contributed by atoms with Crippen molar-refractivity contribution < 1.29 is 4.79 Å². The first-order valence-electron chi connectivity index (χ1n) is 10.4. The molecule has 148 valence electrons. The third kappa shape index (κ3) is 3.84. The van der Waals surface area contributed by atoms with E-state index in [1.807, 2.05) is 17.0 Å². The first-order valence-corrected chi connectivity index (χ1v) is 10.4. The molecule has 0 spiro atoms. The molecule has 2 saturated heterocycles. The summed E-state index contributed by atoms with van der Waals surface area (Å²) >= 11 is 0. The number of amides is 1. The Morgan fingerprint density at radius 1 is 0.893 bits per heavy atom. The van der Waals surface area contributed by atoms with Crippen molar-refractivity contribution in [2.75, 3.05) is 49.1 Å². The molecule has 0 bridgehead atoms. The molecule has 2 aliphatic heterocycles. The molecular weight excluding hydrogens is 348 g/mol. The van der Waals surface area contributed by atoms with Gasteiger partial charge in [-0.25, -0.2) is 4.98 Å². The smallest absolute Gasteiger partial charge is 0.254 e. The third-order valence-electron chi connectivity index (χ3n) is 6.16. The minimum absolute atomic E-state index is 0.126. The number of rotatable bonds is 3. The van der Waals surface area contributed by atoms with E-state index < -0.39 is 0 Å². The zero-order valence-corrected chi connectivity index (χ0v) is 17.0. The highest BCUT2D eigenvalue weighted by atomic mass is 16.2. The van der Waals surface area contributed by atoms with Gasteiger partial charge in [0.15, 0.2) is 0 Å². The monoisotopic (exact) mass is 378 g/mol. The lowest BCUT2D eigenvalue weighted by atomic mass is 10.1. The van der Waals surface area contributed by atoms with Gasteiger partial charge >= 0.3 is 0 Å². The van der Waals surface area contributed by atoms with Gasteiger partial charge in [0.1, 0.15) is 5.82 Å². The minimum Gasteiger partial charge on any atom is -0.368 e. The van der Waals surface area contributed by atoms with Crippen molar-refractivity contribution in [2.24, 2.45) is 0 Å². The summed E-state index contributed by atoms with van der Waals surface area (Å²) in [7, 11) is 0. The van der Waals surface area contributed by atoms with Crippen molar-refractivity contribution >= 4 is 17.4 Å². The van der Waals surface area contributed by atoms with Gasteiger partial charge in [0.2, 0.25) is 0 Å². The van der Waals surface area contributed by atoms with Gasteiger partial charge in [0.25, 0.3) is 5.91 Å². The number of nitrogens with zero attached hydrogens (tertiary/aromatic N) is 4. The van der Waals surface area contributed by atoms with Crippen molar-refractivity contribution in [3.05, 3.63) is 53.2 Å². The number of carbonyl (C=O) groups is 1. The Kier molecular flexibility index (Phi) is 5.51. The van der Waals surface area contributed by atoms with Crippen molar-refractivity contribution in [3.8, 4) is 0 Å². The maximum Gasteiger partial charge on any atom is 0.254 e. The molecule has 28 heavy (non-hydrogen) atoms. The van der Waals surface area contributed by atoms with Gasteiger partial charge in [-0.15, -0.1) is 0 Å². The van der Waals surface area contributed by atoms with Gasteiger partial charge in [-0.05, 0) is 62.4 Å². The van der Waals surface area contributed by atoms with Crippen LogP contribution in [0, 0.1) is 13.8 Å². The van der Waals surface area contributed by atoms with Gasteiger partial charge in [-0.1, -0.05) is 12.1 Å². The quantitative estimate of drug-likeness (QED) is 0.817. The SMILES string of the molecule is Cc1cccc(N2CCN(C(=O)c3ccnc(N4CCCCC4)c3)CC2)c1C. The first kappa shape index (κ1) is 18.8. The largest absolute Gasteiger partial charge is 0.368 e. The van der Waals surface area contributed by atoms with E-state index in [9.17, 15) is 4.79 Å². The highest BCUT2D eigenvalue weighted by Crippen LogP contribution is 2.25. The van der Waals surface area contributed by atoms with E-state index in [4.69, 9.17) is 0 Å². The molecule has 2 aromatic rings. The highest BCUT2D eigenvalue weighted by molar-refractivity contribution is 5.95. The lowest BCUT2D eigenvalue weighted by molar-refractivity contribution is 0.0746. The standard InChI is InChI=1S/C23H30N4O/c1-18-7-6-8-21(19(18)2)25-13-15-27(16-14-25)23(28)20-9-10-24-22(17-20)26-11-4-3-5-12-26/h6-10,17H,3-5,11-16H2,1-2H3. The number of piperazine rings is 1. The van der Waals surface area contributed by atoms with Gasteiger partial charge in [0.05, 0.1) is 0 Å². The molecule has 5 nitrogen and oxygen atoms in total. The molecule has 0 N–H and O–H groups in total. The number of benzene rings is 1.